The van der Waals surface area contributed by atoms with Gasteiger partial charge >= 0.3 is 0 Å². The second-order valence-electron chi connectivity index (χ2n) is 7.51. The first-order chi connectivity index (χ1) is 11.3. The predicted molar refractivity (Wildman–Crippen MR) is 95.6 cm³/mol. The molecule has 1 aliphatic rings. The van der Waals surface area contributed by atoms with Crippen molar-refractivity contribution in [2.24, 2.45) is 5.41 Å². The highest BCUT2D eigenvalue weighted by Gasteiger charge is 2.25. The van der Waals surface area contributed by atoms with Gasteiger partial charge in [-0.25, -0.2) is 0 Å². The molecule has 5 heteroatoms. The number of carbonyl (C=O) groups excluding carboxylic acids is 1. The predicted octanol–water partition coefficient (Wildman–Crippen LogP) is 2.61. The number of fused-ring (bicyclic) bond motifs is 1. The van der Waals surface area contributed by atoms with Gasteiger partial charge in [-0.05, 0) is 42.0 Å². The molecule has 0 radical (unpaired) electrons. The lowest BCUT2D eigenvalue weighted by atomic mass is 9.88. The molecule has 0 fully saturated rings. The van der Waals surface area contributed by atoms with Crippen molar-refractivity contribution >= 4 is 5.91 Å². The molecule has 0 bridgehead atoms. The van der Waals surface area contributed by atoms with Gasteiger partial charge in [-0.15, -0.1) is 0 Å². The highest BCUT2D eigenvalue weighted by molar-refractivity contribution is 5.78. The summed E-state index contributed by atoms with van der Waals surface area (Å²) in [5.41, 5.74) is 2.50. The van der Waals surface area contributed by atoms with Gasteiger partial charge < -0.3 is 19.7 Å². The van der Waals surface area contributed by atoms with E-state index in [0.717, 1.165) is 24.3 Å². The van der Waals surface area contributed by atoms with Gasteiger partial charge in [0.2, 0.25) is 5.91 Å². The van der Waals surface area contributed by atoms with E-state index in [1.807, 2.05) is 17.0 Å². The van der Waals surface area contributed by atoms with Crippen LogP contribution in [0.15, 0.2) is 12.1 Å². The van der Waals surface area contributed by atoms with Crippen LogP contribution in [0, 0.1) is 5.41 Å². The summed E-state index contributed by atoms with van der Waals surface area (Å²) in [5, 5.41) is 3.35. The lowest BCUT2D eigenvalue weighted by Gasteiger charge is -2.32. The van der Waals surface area contributed by atoms with E-state index in [-0.39, 0.29) is 17.4 Å². The molecular formula is C19H30N2O3. The molecule has 0 unspecified atom stereocenters. The van der Waals surface area contributed by atoms with Crippen LogP contribution in [0.2, 0.25) is 0 Å². The first-order valence-corrected chi connectivity index (χ1v) is 8.51. The minimum Gasteiger partial charge on any atom is -0.493 e. The second-order valence-corrected chi connectivity index (χ2v) is 7.51. The highest BCUT2D eigenvalue weighted by atomic mass is 16.5. The Morgan fingerprint density at radius 3 is 2.33 bits per heavy atom. The van der Waals surface area contributed by atoms with E-state index in [1.54, 1.807) is 14.2 Å². The smallest absolute Gasteiger partial charge is 0.236 e. The molecule has 24 heavy (non-hydrogen) atoms. The van der Waals surface area contributed by atoms with E-state index in [0.29, 0.717) is 18.8 Å². The molecule has 1 heterocycles. The Hall–Kier alpha value is -1.75. The van der Waals surface area contributed by atoms with Crippen LogP contribution >= 0.6 is 0 Å². The molecule has 1 aromatic rings. The molecule has 1 amide bonds. The van der Waals surface area contributed by atoms with Gasteiger partial charge in [0, 0.05) is 19.1 Å². The van der Waals surface area contributed by atoms with Crippen molar-refractivity contribution in [3.63, 3.8) is 0 Å². The fourth-order valence-electron chi connectivity index (χ4n) is 2.75. The summed E-state index contributed by atoms with van der Waals surface area (Å²) in [6, 6.07) is 4.29. The number of hydrogen-bond donors (Lipinski definition) is 1. The minimum absolute atomic E-state index is 0.138. The number of hydrogen-bond acceptors (Lipinski definition) is 4. The molecule has 1 aromatic carbocycles. The molecule has 0 spiro atoms. The molecule has 0 saturated carbocycles. The maximum Gasteiger partial charge on any atom is 0.236 e. The summed E-state index contributed by atoms with van der Waals surface area (Å²) in [6.07, 6.45) is 0.844. The van der Waals surface area contributed by atoms with Gasteiger partial charge in [-0.3, -0.25) is 4.79 Å². The number of nitrogens with zero attached hydrogens (tertiary/aromatic N) is 1. The molecule has 134 valence electrons. The van der Waals surface area contributed by atoms with E-state index >= 15 is 0 Å². The van der Waals surface area contributed by atoms with E-state index in [2.05, 4.69) is 33.0 Å². The average Bonchev–Trinajstić information content (AvgIpc) is 2.56. The standard InChI is InChI=1S/C19H30N2O3/c1-13(19(2,3)4)20-11-18(22)21-8-7-14-9-16(23-5)17(24-6)10-15(14)12-21/h9-10,13,20H,7-8,11-12H2,1-6H3/t13-/m0/s1. The van der Waals surface area contributed by atoms with Crippen LogP contribution in [-0.4, -0.2) is 44.2 Å². The second kappa shape index (κ2) is 7.43. The summed E-state index contributed by atoms with van der Waals surface area (Å²) < 4.78 is 10.7. The van der Waals surface area contributed by atoms with Crippen LogP contribution < -0.4 is 14.8 Å². The lowest BCUT2D eigenvalue weighted by molar-refractivity contribution is -0.131. The fraction of sp³-hybridized carbons (Fsp3) is 0.632. The topological polar surface area (TPSA) is 50.8 Å². The summed E-state index contributed by atoms with van der Waals surface area (Å²) >= 11 is 0. The molecule has 0 aliphatic carbocycles. The molecule has 0 saturated heterocycles. The number of nitrogens with one attached hydrogen (secondary N) is 1. The van der Waals surface area contributed by atoms with Crippen LogP contribution in [0.3, 0.4) is 0 Å². The summed E-state index contributed by atoms with van der Waals surface area (Å²) in [6.45, 7) is 10.4. The van der Waals surface area contributed by atoms with Crippen LogP contribution in [0.1, 0.15) is 38.8 Å². The van der Waals surface area contributed by atoms with E-state index in [4.69, 9.17) is 9.47 Å². The Labute approximate surface area is 145 Å². The average molecular weight is 334 g/mol. The van der Waals surface area contributed by atoms with Crippen LogP contribution in [0.4, 0.5) is 0 Å². The number of rotatable bonds is 5. The summed E-state index contributed by atoms with van der Waals surface area (Å²) in [5.74, 6) is 1.60. The van der Waals surface area contributed by atoms with E-state index in [9.17, 15) is 4.79 Å². The van der Waals surface area contributed by atoms with Crippen LogP contribution in [0.25, 0.3) is 0 Å². The Kier molecular flexibility index (Phi) is 5.75. The molecule has 1 aliphatic heterocycles. The zero-order valence-electron chi connectivity index (χ0n) is 15.7. The van der Waals surface area contributed by atoms with Gasteiger partial charge in [-0.1, -0.05) is 20.8 Å². The molecule has 2 rings (SSSR count). The number of carbonyl (C=O) groups is 1. The van der Waals surface area contributed by atoms with Crippen molar-refractivity contribution in [2.75, 3.05) is 27.3 Å². The van der Waals surface area contributed by atoms with E-state index in [1.165, 1.54) is 5.56 Å². The zero-order chi connectivity index (χ0) is 17.9. The third kappa shape index (κ3) is 4.20. The number of benzene rings is 1. The van der Waals surface area contributed by atoms with Crippen molar-refractivity contribution < 1.29 is 14.3 Å². The van der Waals surface area contributed by atoms with Crippen molar-refractivity contribution in [1.82, 2.24) is 10.2 Å². The monoisotopic (exact) mass is 334 g/mol. The SMILES string of the molecule is COc1cc2c(cc1OC)CN(C(=O)CN[C@@H](C)C(C)(C)C)CC2. The van der Waals surface area contributed by atoms with Crippen molar-refractivity contribution in [1.29, 1.82) is 0 Å². The third-order valence-corrected chi connectivity index (χ3v) is 4.93. The first kappa shape index (κ1) is 18.6. The van der Waals surface area contributed by atoms with E-state index < -0.39 is 0 Å². The maximum atomic E-state index is 12.5. The number of methoxy groups -OCH3 is 2. The van der Waals surface area contributed by atoms with Crippen molar-refractivity contribution in [2.45, 2.75) is 46.7 Å². The molecule has 1 atom stereocenters. The van der Waals surface area contributed by atoms with Crippen molar-refractivity contribution in [3.8, 4) is 11.5 Å². The van der Waals surface area contributed by atoms with Gasteiger partial charge in [0.15, 0.2) is 11.5 Å². The maximum absolute atomic E-state index is 12.5. The molecular weight excluding hydrogens is 304 g/mol. The third-order valence-electron chi connectivity index (χ3n) is 4.93. The van der Waals surface area contributed by atoms with Gasteiger partial charge in [0.1, 0.15) is 0 Å². The lowest BCUT2D eigenvalue weighted by Crippen LogP contribution is -2.46. The Balaban J connectivity index is 2.03. The first-order valence-electron chi connectivity index (χ1n) is 8.51. The summed E-state index contributed by atoms with van der Waals surface area (Å²) in [7, 11) is 3.28. The van der Waals surface area contributed by atoms with Gasteiger partial charge in [0.25, 0.3) is 0 Å². The van der Waals surface area contributed by atoms with Gasteiger partial charge in [0.05, 0.1) is 20.8 Å². The Bertz CT molecular complexity index is 593. The number of ether oxygens (including phenoxy) is 2. The van der Waals surface area contributed by atoms with Crippen LogP contribution in [0.5, 0.6) is 11.5 Å². The number of amides is 1. The molecule has 5 nitrogen and oxygen atoms in total. The largest absolute Gasteiger partial charge is 0.493 e. The normalized spacial score (nSPS) is 15.7. The van der Waals surface area contributed by atoms with Crippen molar-refractivity contribution in [3.05, 3.63) is 23.3 Å². The quantitative estimate of drug-likeness (QED) is 0.899. The fourth-order valence-corrected chi connectivity index (χ4v) is 2.75. The molecule has 0 aromatic heterocycles. The zero-order valence-corrected chi connectivity index (χ0v) is 15.7. The highest BCUT2D eigenvalue weighted by Crippen LogP contribution is 2.33. The summed E-state index contributed by atoms with van der Waals surface area (Å²) in [4.78, 5) is 14.4. The molecule has 1 N–H and O–H groups in total. The minimum atomic E-state index is 0.138. The Morgan fingerprint density at radius 1 is 1.21 bits per heavy atom. The van der Waals surface area contributed by atoms with Gasteiger partial charge in [-0.2, -0.15) is 0 Å². The Morgan fingerprint density at radius 2 is 1.79 bits per heavy atom. The van der Waals surface area contributed by atoms with Crippen LogP contribution in [-0.2, 0) is 17.8 Å².